The van der Waals surface area contributed by atoms with Gasteiger partial charge in [-0.05, 0) is 62.2 Å². The quantitative estimate of drug-likeness (QED) is 0.815. The van der Waals surface area contributed by atoms with E-state index in [-0.39, 0.29) is 12.2 Å². The van der Waals surface area contributed by atoms with Crippen LogP contribution in [0.1, 0.15) is 71.6 Å². The highest BCUT2D eigenvalue weighted by Gasteiger charge is 2.27. The molecule has 0 aromatic carbocycles. The number of aliphatic hydroxyl groups is 2. The van der Waals surface area contributed by atoms with Gasteiger partial charge in [0.05, 0.1) is 12.2 Å². The molecule has 2 N–H and O–H groups in total. The highest BCUT2D eigenvalue weighted by atomic mass is 16.3. The topological polar surface area (TPSA) is 40.5 Å². The largest absolute Gasteiger partial charge is 0.393 e. The molecule has 0 aliphatic heterocycles. The van der Waals surface area contributed by atoms with Gasteiger partial charge in [0.25, 0.3) is 0 Å². The van der Waals surface area contributed by atoms with Gasteiger partial charge in [-0.3, -0.25) is 0 Å². The average Bonchev–Trinajstić information content (AvgIpc) is 2.38. The number of hydrogen-bond acceptors (Lipinski definition) is 2. The van der Waals surface area contributed by atoms with Crippen LogP contribution in [0.5, 0.6) is 0 Å². The van der Waals surface area contributed by atoms with E-state index in [1.807, 2.05) is 0 Å². The summed E-state index contributed by atoms with van der Waals surface area (Å²) in [6.07, 6.45) is 10.9. The lowest BCUT2D eigenvalue weighted by atomic mass is 9.75. The molecule has 6 unspecified atom stereocenters. The van der Waals surface area contributed by atoms with Crippen LogP contribution in [0.15, 0.2) is 0 Å². The molecule has 0 saturated heterocycles. The van der Waals surface area contributed by atoms with Crippen molar-refractivity contribution in [1.82, 2.24) is 0 Å². The van der Waals surface area contributed by atoms with E-state index < -0.39 is 0 Å². The van der Waals surface area contributed by atoms with Crippen LogP contribution in [0.4, 0.5) is 0 Å². The third kappa shape index (κ3) is 4.46. The maximum Gasteiger partial charge on any atom is 0.0566 e. The molecule has 2 rings (SSSR count). The van der Waals surface area contributed by atoms with E-state index >= 15 is 0 Å². The molecule has 0 aromatic heterocycles. The van der Waals surface area contributed by atoms with Crippen LogP contribution >= 0.6 is 0 Å². The van der Waals surface area contributed by atoms with Crippen molar-refractivity contribution in [1.29, 1.82) is 0 Å². The van der Waals surface area contributed by atoms with Crippen molar-refractivity contribution in [3.8, 4) is 0 Å². The van der Waals surface area contributed by atoms with Gasteiger partial charge in [0, 0.05) is 0 Å². The zero-order valence-electron chi connectivity index (χ0n) is 12.7. The minimum atomic E-state index is -0.0445. The van der Waals surface area contributed by atoms with E-state index in [4.69, 9.17) is 0 Å². The van der Waals surface area contributed by atoms with Crippen molar-refractivity contribution in [2.45, 2.75) is 83.8 Å². The van der Waals surface area contributed by atoms with Crippen molar-refractivity contribution in [3.05, 3.63) is 0 Å². The van der Waals surface area contributed by atoms with Gasteiger partial charge in [0.1, 0.15) is 0 Å². The number of rotatable bonds is 4. The standard InChI is InChI=1S/C17H32O2/c1-12-10-14(6-8-16(12)18)4-3-5-15-7-9-17(19)13(2)11-15/h12-19H,3-11H2,1-2H3. The van der Waals surface area contributed by atoms with E-state index in [9.17, 15) is 10.2 Å². The molecule has 2 heteroatoms. The summed E-state index contributed by atoms with van der Waals surface area (Å²) in [6.45, 7) is 4.39. The predicted octanol–water partition coefficient (Wildman–Crippen LogP) is 3.75. The molecule has 0 aromatic rings. The van der Waals surface area contributed by atoms with Crippen molar-refractivity contribution in [3.63, 3.8) is 0 Å². The molecule has 112 valence electrons. The summed E-state index contributed by atoms with van der Waals surface area (Å²) in [4.78, 5) is 0. The Morgan fingerprint density at radius 1 is 0.737 bits per heavy atom. The molecule has 2 saturated carbocycles. The van der Waals surface area contributed by atoms with E-state index in [0.717, 1.165) is 24.7 Å². The minimum absolute atomic E-state index is 0.0445. The lowest BCUT2D eigenvalue weighted by Crippen LogP contribution is -2.28. The summed E-state index contributed by atoms with van der Waals surface area (Å²) < 4.78 is 0. The zero-order chi connectivity index (χ0) is 13.8. The molecule has 2 fully saturated rings. The first-order valence-electron chi connectivity index (χ1n) is 8.42. The fourth-order valence-electron chi connectivity index (χ4n) is 4.20. The minimum Gasteiger partial charge on any atom is -0.393 e. The summed E-state index contributed by atoms with van der Waals surface area (Å²) >= 11 is 0. The zero-order valence-corrected chi connectivity index (χ0v) is 12.7. The maximum absolute atomic E-state index is 9.76. The van der Waals surface area contributed by atoms with Gasteiger partial charge >= 0.3 is 0 Å². The van der Waals surface area contributed by atoms with Gasteiger partial charge in [0.15, 0.2) is 0 Å². The molecule has 0 heterocycles. The van der Waals surface area contributed by atoms with E-state index in [2.05, 4.69) is 13.8 Å². The van der Waals surface area contributed by atoms with E-state index in [1.165, 1.54) is 44.9 Å². The van der Waals surface area contributed by atoms with Crippen molar-refractivity contribution in [2.75, 3.05) is 0 Å². The van der Waals surface area contributed by atoms with Gasteiger partial charge in [-0.2, -0.15) is 0 Å². The molecule has 2 nitrogen and oxygen atoms in total. The summed E-state index contributed by atoms with van der Waals surface area (Å²) in [6, 6.07) is 0. The number of aliphatic hydroxyl groups excluding tert-OH is 2. The monoisotopic (exact) mass is 268 g/mol. The highest BCUT2D eigenvalue weighted by Crippen LogP contribution is 2.35. The van der Waals surface area contributed by atoms with Gasteiger partial charge < -0.3 is 10.2 Å². The Hall–Kier alpha value is -0.0800. The highest BCUT2D eigenvalue weighted by molar-refractivity contribution is 4.79. The van der Waals surface area contributed by atoms with E-state index in [1.54, 1.807) is 0 Å². The van der Waals surface area contributed by atoms with Gasteiger partial charge in [-0.25, -0.2) is 0 Å². The van der Waals surface area contributed by atoms with Gasteiger partial charge in [-0.15, -0.1) is 0 Å². The van der Waals surface area contributed by atoms with Gasteiger partial charge in [0.2, 0.25) is 0 Å². The Labute approximate surface area is 118 Å². The Morgan fingerprint density at radius 3 is 1.53 bits per heavy atom. The van der Waals surface area contributed by atoms with Crippen LogP contribution in [0.3, 0.4) is 0 Å². The SMILES string of the molecule is CC1CC(CCCC2CCC(O)C(C)C2)CCC1O. The van der Waals surface area contributed by atoms with Crippen LogP contribution in [0.2, 0.25) is 0 Å². The Bertz CT molecular complexity index is 240. The van der Waals surface area contributed by atoms with Crippen molar-refractivity contribution < 1.29 is 10.2 Å². The first-order valence-corrected chi connectivity index (χ1v) is 8.42. The summed E-state index contributed by atoms with van der Waals surface area (Å²) in [5, 5.41) is 19.5. The normalized spacial score (nSPS) is 44.2. The predicted molar refractivity (Wildman–Crippen MR) is 78.9 cm³/mol. The fraction of sp³-hybridized carbons (Fsp3) is 1.00. The molecule has 0 radical (unpaired) electrons. The summed E-state index contributed by atoms with van der Waals surface area (Å²) in [5.74, 6) is 2.71. The first kappa shape index (κ1) is 15.3. The Balaban J connectivity index is 1.61. The van der Waals surface area contributed by atoms with Crippen LogP contribution in [0.25, 0.3) is 0 Å². The summed E-state index contributed by atoms with van der Waals surface area (Å²) in [7, 11) is 0. The molecule has 0 spiro atoms. The van der Waals surface area contributed by atoms with Crippen LogP contribution < -0.4 is 0 Å². The lowest BCUT2D eigenvalue weighted by Gasteiger charge is -2.33. The third-order valence-electron chi connectivity index (χ3n) is 5.69. The summed E-state index contributed by atoms with van der Waals surface area (Å²) in [5.41, 5.74) is 0. The molecule has 0 amide bonds. The van der Waals surface area contributed by atoms with Gasteiger partial charge in [-0.1, -0.05) is 33.1 Å². The Morgan fingerprint density at radius 2 is 1.16 bits per heavy atom. The molecule has 0 bridgehead atoms. The van der Waals surface area contributed by atoms with E-state index in [0.29, 0.717) is 11.8 Å². The number of hydrogen-bond donors (Lipinski definition) is 2. The molecule has 2 aliphatic rings. The molecular formula is C17H32O2. The Kier molecular flexibility index (Phi) is 5.70. The average molecular weight is 268 g/mol. The second-order valence-corrected chi connectivity index (χ2v) is 7.38. The molecular weight excluding hydrogens is 236 g/mol. The fourth-order valence-corrected chi connectivity index (χ4v) is 4.20. The molecule has 6 atom stereocenters. The molecule has 2 aliphatic carbocycles. The second-order valence-electron chi connectivity index (χ2n) is 7.38. The van der Waals surface area contributed by atoms with Crippen molar-refractivity contribution >= 4 is 0 Å². The van der Waals surface area contributed by atoms with Crippen molar-refractivity contribution in [2.24, 2.45) is 23.7 Å². The second kappa shape index (κ2) is 7.08. The third-order valence-corrected chi connectivity index (χ3v) is 5.69. The van der Waals surface area contributed by atoms with Crippen LogP contribution in [0, 0.1) is 23.7 Å². The maximum atomic E-state index is 9.76. The molecule has 19 heavy (non-hydrogen) atoms. The van der Waals surface area contributed by atoms with Crippen LogP contribution in [-0.4, -0.2) is 22.4 Å². The smallest absolute Gasteiger partial charge is 0.0566 e. The van der Waals surface area contributed by atoms with Crippen LogP contribution in [-0.2, 0) is 0 Å². The first-order chi connectivity index (χ1) is 9.06. The lowest BCUT2D eigenvalue weighted by molar-refractivity contribution is 0.0486.